The van der Waals surface area contributed by atoms with Gasteiger partial charge in [-0.3, -0.25) is 0 Å². The summed E-state index contributed by atoms with van der Waals surface area (Å²) in [4.78, 5) is 4.78. The molecule has 0 saturated carbocycles. The lowest BCUT2D eigenvalue weighted by molar-refractivity contribution is 0.415. The summed E-state index contributed by atoms with van der Waals surface area (Å²) in [5, 5.41) is 0. The fourth-order valence-corrected chi connectivity index (χ4v) is 2.60. The van der Waals surface area contributed by atoms with Gasteiger partial charge >= 0.3 is 0 Å². The number of methoxy groups -OCH3 is 1. The van der Waals surface area contributed by atoms with Gasteiger partial charge in [-0.15, -0.1) is 0 Å². The Morgan fingerprint density at radius 3 is 2.67 bits per heavy atom. The first-order valence-corrected chi connectivity index (χ1v) is 7.86. The summed E-state index contributed by atoms with van der Waals surface area (Å²) in [6.07, 6.45) is 3.16. The van der Waals surface area contributed by atoms with Gasteiger partial charge in [0.2, 0.25) is 0 Å². The van der Waals surface area contributed by atoms with Gasteiger partial charge in [0, 0.05) is 12.6 Å². The number of imidazole rings is 1. The van der Waals surface area contributed by atoms with Gasteiger partial charge in [-0.25, -0.2) is 4.98 Å². The highest BCUT2D eigenvalue weighted by molar-refractivity contribution is 5.78. The van der Waals surface area contributed by atoms with E-state index in [9.17, 15) is 0 Å². The molecule has 2 N–H and O–H groups in total. The molecule has 2 aromatic rings. The smallest absolute Gasteiger partial charge is 0.126 e. The molecule has 1 aromatic carbocycles. The first-order chi connectivity index (χ1) is 10.1. The second kappa shape index (κ2) is 6.94. The minimum absolute atomic E-state index is 0.000516. The Balaban J connectivity index is 2.45. The van der Waals surface area contributed by atoms with E-state index in [1.165, 1.54) is 0 Å². The number of fused-ring (bicyclic) bond motifs is 1. The average molecular weight is 289 g/mol. The number of ether oxygens (including phenoxy) is 1. The number of aromatic nitrogens is 2. The highest BCUT2D eigenvalue weighted by atomic mass is 16.5. The van der Waals surface area contributed by atoms with Gasteiger partial charge in [0.15, 0.2) is 0 Å². The summed E-state index contributed by atoms with van der Waals surface area (Å²) in [7, 11) is 1.68. The van der Waals surface area contributed by atoms with Crippen LogP contribution in [0.1, 0.15) is 51.9 Å². The van der Waals surface area contributed by atoms with Crippen molar-refractivity contribution in [3.63, 3.8) is 0 Å². The van der Waals surface area contributed by atoms with Crippen LogP contribution in [-0.2, 0) is 6.54 Å². The number of benzene rings is 1. The van der Waals surface area contributed by atoms with Gasteiger partial charge in [-0.05, 0) is 30.9 Å². The zero-order valence-electron chi connectivity index (χ0n) is 13.6. The summed E-state index contributed by atoms with van der Waals surface area (Å²) in [5.41, 5.74) is 8.46. The van der Waals surface area contributed by atoms with E-state index in [0.29, 0.717) is 5.92 Å². The molecule has 0 radical (unpaired) electrons. The van der Waals surface area contributed by atoms with Crippen LogP contribution in [-0.4, -0.2) is 16.7 Å². The molecule has 0 aliphatic carbocycles. The van der Waals surface area contributed by atoms with Crippen LogP contribution < -0.4 is 10.5 Å². The molecule has 0 amide bonds. The van der Waals surface area contributed by atoms with Gasteiger partial charge in [0.1, 0.15) is 11.6 Å². The van der Waals surface area contributed by atoms with E-state index in [1.54, 1.807) is 7.11 Å². The molecule has 4 heteroatoms. The Morgan fingerprint density at radius 1 is 1.29 bits per heavy atom. The van der Waals surface area contributed by atoms with Gasteiger partial charge in [0.05, 0.1) is 24.2 Å². The van der Waals surface area contributed by atoms with E-state index in [4.69, 9.17) is 15.5 Å². The Hall–Kier alpha value is -1.55. The lowest BCUT2D eigenvalue weighted by Crippen LogP contribution is -2.17. The van der Waals surface area contributed by atoms with Gasteiger partial charge in [0.25, 0.3) is 0 Å². The monoisotopic (exact) mass is 289 g/mol. The van der Waals surface area contributed by atoms with Crippen LogP contribution in [0, 0.1) is 5.92 Å². The van der Waals surface area contributed by atoms with Crippen LogP contribution in [0.25, 0.3) is 11.0 Å². The van der Waals surface area contributed by atoms with Crippen LogP contribution in [0.2, 0.25) is 0 Å². The highest BCUT2D eigenvalue weighted by Gasteiger charge is 2.17. The molecule has 1 heterocycles. The van der Waals surface area contributed by atoms with E-state index in [0.717, 1.165) is 48.4 Å². The Labute approximate surface area is 127 Å². The number of hydrogen-bond acceptors (Lipinski definition) is 3. The topological polar surface area (TPSA) is 53.1 Å². The van der Waals surface area contributed by atoms with Crippen molar-refractivity contribution in [2.24, 2.45) is 11.7 Å². The van der Waals surface area contributed by atoms with Crippen LogP contribution in [0.15, 0.2) is 18.2 Å². The van der Waals surface area contributed by atoms with Crippen LogP contribution in [0.4, 0.5) is 0 Å². The first kappa shape index (κ1) is 15.8. The van der Waals surface area contributed by atoms with E-state index in [2.05, 4.69) is 31.4 Å². The molecule has 0 spiro atoms. The van der Waals surface area contributed by atoms with Crippen molar-refractivity contribution in [3.05, 3.63) is 24.0 Å². The molecule has 2 rings (SSSR count). The molecule has 116 valence electrons. The molecule has 1 atom stereocenters. The fourth-order valence-electron chi connectivity index (χ4n) is 2.60. The quantitative estimate of drug-likeness (QED) is 0.841. The lowest BCUT2D eigenvalue weighted by Gasteiger charge is -2.15. The lowest BCUT2D eigenvalue weighted by atomic mass is 10.1. The third-order valence-electron chi connectivity index (χ3n) is 3.85. The molecular weight excluding hydrogens is 262 g/mol. The summed E-state index contributed by atoms with van der Waals surface area (Å²) in [6.45, 7) is 7.61. The summed E-state index contributed by atoms with van der Waals surface area (Å²) in [5.74, 6) is 2.50. The van der Waals surface area contributed by atoms with E-state index in [-0.39, 0.29) is 6.04 Å². The van der Waals surface area contributed by atoms with Crippen LogP contribution in [0.3, 0.4) is 0 Å². The molecule has 0 aliphatic rings. The van der Waals surface area contributed by atoms with Crippen LogP contribution >= 0.6 is 0 Å². The van der Waals surface area contributed by atoms with Crippen molar-refractivity contribution < 1.29 is 4.74 Å². The maximum Gasteiger partial charge on any atom is 0.126 e. The normalized spacial score (nSPS) is 13.0. The maximum atomic E-state index is 6.33. The first-order valence-electron chi connectivity index (χ1n) is 7.86. The second-order valence-electron chi connectivity index (χ2n) is 6.05. The fraction of sp³-hybridized carbons (Fsp3) is 0.588. The number of hydrogen-bond donors (Lipinski definition) is 1. The minimum Gasteiger partial charge on any atom is -0.497 e. The third kappa shape index (κ3) is 3.56. The van der Waals surface area contributed by atoms with Crippen LogP contribution in [0.5, 0.6) is 5.75 Å². The summed E-state index contributed by atoms with van der Waals surface area (Å²) >= 11 is 0. The molecule has 0 bridgehead atoms. The Kier molecular flexibility index (Phi) is 5.23. The third-order valence-corrected chi connectivity index (χ3v) is 3.85. The standard InChI is InChI=1S/C17H27N3O/c1-5-6-14(18)17-19-15-11-13(21-4)7-8-16(15)20(17)10-9-12(2)3/h7-8,11-12,14H,5-6,9-10,18H2,1-4H3. The molecule has 21 heavy (non-hydrogen) atoms. The van der Waals surface area contributed by atoms with E-state index in [1.807, 2.05) is 12.1 Å². The predicted molar refractivity (Wildman–Crippen MR) is 87.6 cm³/mol. The highest BCUT2D eigenvalue weighted by Crippen LogP contribution is 2.26. The Morgan fingerprint density at radius 2 is 2.05 bits per heavy atom. The molecular formula is C17H27N3O. The molecule has 1 aromatic heterocycles. The molecule has 0 saturated heterocycles. The zero-order chi connectivity index (χ0) is 15.4. The van der Waals surface area contributed by atoms with Gasteiger partial charge in [-0.1, -0.05) is 27.2 Å². The van der Waals surface area contributed by atoms with Crippen molar-refractivity contribution in [1.82, 2.24) is 9.55 Å². The summed E-state index contributed by atoms with van der Waals surface area (Å²) in [6, 6.07) is 6.07. The second-order valence-corrected chi connectivity index (χ2v) is 6.05. The number of rotatable bonds is 7. The summed E-state index contributed by atoms with van der Waals surface area (Å²) < 4.78 is 7.58. The zero-order valence-corrected chi connectivity index (χ0v) is 13.6. The van der Waals surface area contributed by atoms with Gasteiger partial charge in [-0.2, -0.15) is 0 Å². The Bertz CT molecular complexity index is 589. The SMILES string of the molecule is CCCC(N)c1nc2cc(OC)ccc2n1CCC(C)C. The molecule has 0 aliphatic heterocycles. The van der Waals surface area contributed by atoms with Crippen molar-refractivity contribution >= 4 is 11.0 Å². The number of nitrogens with zero attached hydrogens (tertiary/aromatic N) is 2. The maximum absolute atomic E-state index is 6.33. The number of aryl methyl sites for hydroxylation is 1. The van der Waals surface area contributed by atoms with Gasteiger partial charge < -0.3 is 15.0 Å². The van der Waals surface area contributed by atoms with Crippen molar-refractivity contribution in [3.8, 4) is 5.75 Å². The van der Waals surface area contributed by atoms with Crippen molar-refractivity contribution in [2.75, 3.05) is 7.11 Å². The van der Waals surface area contributed by atoms with Crippen molar-refractivity contribution in [1.29, 1.82) is 0 Å². The number of nitrogens with two attached hydrogens (primary N) is 1. The molecule has 0 fully saturated rings. The molecule has 1 unspecified atom stereocenters. The largest absolute Gasteiger partial charge is 0.497 e. The van der Waals surface area contributed by atoms with Crippen molar-refractivity contribution in [2.45, 2.75) is 52.6 Å². The predicted octanol–water partition coefficient (Wildman–Crippen LogP) is 3.89. The van der Waals surface area contributed by atoms with E-state index < -0.39 is 0 Å². The van der Waals surface area contributed by atoms with E-state index >= 15 is 0 Å². The molecule has 4 nitrogen and oxygen atoms in total. The average Bonchev–Trinajstić information content (AvgIpc) is 2.82. The minimum atomic E-state index is 0.000516.